The van der Waals surface area contributed by atoms with Gasteiger partial charge in [-0.15, -0.1) is 11.3 Å². The van der Waals surface area contributed by atoms with Gasteiger partial charge in [0.05, 0.1) is 11.8 Å². The second-order valence-electron chi connectivity index (χ2n) is 13.6. The molecule has 0 saturated heterocycles. The fourth-order valence-corrected chi connectivity index (χ4v) is 18.4. The number of hydrogen-bond acceptors (Lipinski definition) is 9. The predicted octanol–water partition coefficient (Wildman–Crippen LogP) is 4.07. The molecule has 1 aromatic heterocycles. The Labute approximate surface area is 297 Å². The highest BCUT2D eigenvalue weighted by Gasteiger charge is 2.53. The molecule has 0 radical (unpaired) electrons. The maximum Gasteiger partial charge on any atom is 0.252 e. The van der Waals surface area contributed by atoms with Crippen LogP contribution in [0.4, 0.5) is 0 Å². The van der Waals surface area contributed by atoms with Crippen LogP contribution < -0.4 is 20.4 Å². The molecular weight excluding hydrogens is 699 g/mol. The molecule has 0 amide bonds. The number of carbonyl (C=O) groups excluding carboxylic acids is 1. The number of rotatable bonds is 16. The number of nitrogens with one attached hydrogen (secondary N) is 2. The van der Waals surface area contributed by atoms with E-state index in [0.29, 0.717) is 36.5 Å². The topological polar surface area (TPSA) is 131 Å². The van der Waals surface area contributed by atoms with Gasteiger partial charge in [-0.1, -0.05) is 98.7 Å². The number of thiophene rings is 1. The molecule has 0 bridgehead atoms. The Morgan fingerprint density at radius 2 is 1.61 bits per heavy atom. The standard InChI is InChI=1S/C35H51N3O7S3Si/c1-9-36-31-24-38(21-16-22-44-8)48(42,43)34-30(31)23-32(46-34)47(40,41)37-25(2)33(39)26(3)45-27(4)49(35(5,6)7,28-17-12-10-13-18-28)29-19-14-11-15-20-29/h10-15,17-20,23,25-27,31,36-37H,9,16,21-22,24H2,1-8H3/t25?,26-,27?,31-/m0/s1. The number of benzene rings is 2. The summed E-state index contributed by atoms with van der Waals surface area (Å²) in [5, 5.41) is 5.43. The minimum Gasteiger partial charge on any atom is -0.385 e. The van der Waals surface area contributed by atoms with E-state index in [1.54, 1.807) is 14.0 Å². The number of hydrogen-bond donors (Lipinski definition) is 2. The van der Waals surface area contributed by atoms with E-state index in [1.807, 2.05) is 50.2 Å². The summed E-state index contributed by atoms with van der Waals surface area (Å²) < 4.78 is 70.0. The summed E-state index contributed by atoms with van der Waals surface area (Å²) in [5.41, 5.74) is 0.0640. The quantitative estimate of drug-likeness (QED) is 0.166. The average molecular weight is 750 g/mol. The number of carbonyl (C=O) groups is 1. The molecule has 4 rings (SSSR count). The van der Waals surface area contributed by atoms with Crippen molar-refractivity contribution >= 4 is 55.6 Å². The average Bonchev–Trinajstić information content (AvgIpc) is 3.52. The molecule has 0 saturated carbocycles. The zero-order valence-electron chi connectivity index (χ0n) is 29.7. The number of nitrogens with zero attached hydrogens (tertiary/aromatic N) is 1. The lowest BCUT2D eigenvalue weighted by Crippen LogP contribution is -2.72. The number of likely N-dealkylation sites (N-methyl/N-ethyl adjacent to an activating group) is 1. The summed E-state index contributed by atoms with van der Waals surface area (Å²) in [6.45, 7) is 15.1. The van der Waals surface area contributed by atoms with E-state index in [9.17, 15) is 21.6 Å². The first kappa shape index (κ1) is 39.5. The lowest BCUT2D eigenvalue weighted by molar-refractivity contribution is -0.131. The summed E-state index contributed by atoms with van der Waals surface area (Å²) >= 11 is 0.708. The van der Waals surface area contributed by atoms with Gasteiger partial charge in [-0.3, -0.25) is 4.79 Å². The van der Waals surface area contributed by atoms with Crippen molar-refractivity contribution in [3.8, 4) is 0 Å². The van der Waals surface area contributed by atoms with Crippen LogP contribution >= 0.6 is 11.3 Å². The Kier molecular flexibility index (Phi) is 12.9. The van der Waals surface area contributed by atoms with Crippen LogP contribution in [0.25, 0.3) is 0 Å². The maximum absolute atomic E-state index is 13.8. The molecule has 1 aliphatic heterocycles. The highest BCUT2D eigenvalue weighted by molar-refractivity contribution is 7.94. The minimum atomic E-state index is -4.26. The second kappa shape index (κ2) is 16.0. The van der Waals surface area contributed by atoms with Gasteiger partial charge in [0.1, 0.15) is 14.5 Å². The molecule has 270 valence electrons. The molecular formula is C35H51N3O7S3Si. The monoisotopic (exact) mass is 749 g/mol. The fourth-order valence-electron chi connectivity index (χ4n) is 7.17. The summed E-state index contributed by atoms with van der Waals surface area (Å²) in [7, 11) is -9.34. The Morgan fingerprint density at radius 3 is 2.12 bits per heavy atom. The number of ether oxygens (including phenoxy) is 2. The largest absolute Gasteiger partial charge is 0.385 e. The molecule has 0 aliphatic carbocycles. The van der Waals surface area contributed by atoms with Gasteiger partial charge in [0.2, 0.25) is 0 Å². The van der Waals surface area contributed by atoms with Crippen LogP contribution in [0.15, 0.2) is 75.1 Å². The van der Waals surface area contributed by atoms with E-state index in [-0.39, 0.29) is 38.3 Å². The maximum atomic E-state index is 13.8. The van der Waals surface area contributed by atoms with Gasteiger partial charge in [0.15, 0.2) is 13.9 Å². The smallest absolute Gasteiger partial charge is 0.252 e. The third kappa shape index (κ3) is 8.13. The van der Waals surface area contributed by atoms with Crippen LogP contribution in [0.5, 0.6) is 0 Å². The normalized spacial score (nSPS) is 18.8. The Bertz CT molecular complexity index is 1740. The molecule has 2 N–H and O–H groups in total. The van der Waals surface area contributed by atoms with Crippen molar-refractivity contribution in [2.75, 3.05) is 33.4 Å². The van der Waals surface area contributed by atoms with Crippen molar-refractivity contribution < 1.29 is 31.1 Å². The lowest BCUT2D eigenvalue weighted by Gasteiger charge is -2.48. The molecule has 1 aliphatic rings. The molecule has 2 heterocycles. The first-order chi connectivity index (χ1) is 23.0. The Balaban J connectivity index is 1.59. The number of ketones is 1. The number of fused-ring (bicyclic) bond motifs is 1. The van der Waals surface area contributed by atoms with Crippen molar-refractivity contribution in [2.45, 2.75) is 92.3 Å². The van der Waals surface area contributed by atoms with Crippen LogP contribution in [0.1, 0.15) is 66.5 Å². The van der Waals surface area contributed by atoms with Crippen LogP contribution in [0, 0.1) is 0 Å². The zero-order chi connectivity index (χ0) is 36.2. The van der Waals surface area contributed by atoms with Gasteiger partial charge in [-0.2, -0.15) is 4.31 Å². The van der Waals surface area contributed by atoms with Gasteiger partial charge < -0.3 is 14.8 Å². The molecule has 2 aromatic carbocycles. The molecule has 0 fully saturated rings. The summed E-state index contributed by atoms with van der Waals surface area (Å²) in [6, 6.07) is 20.5. The first-order valence-corrected chi connectivity index (χ1v) is 22.5. The van der Waals surface area contributed by atoms with Crippen molar-refractivity contribution in [3.05, 3.63) is 72.3 Å². The van der Waals surface area contributed by atoms with E-state index in [1.165, 1.54) is 27.7 Å². The summed E-state index contributed by atoms with van der Waals surface area (Å²) in [4.78, 5) is 13.8. The van der Waals surface area contributed by atoms with Gasteiger partial charge >= 0.3 is 0 Å². The molecule has 10 nitrogen and oxygen atoms in total. The van der Waals surface area contributed by atoms with Crippen LogP contribution in [-0.4, -0.2) is 86.2 Å². The highest BCUT2D eigenvalue weighted by Crippen LogP contribution is 2.41. The number of Topliss-reactive ketones (excluding diaryl/α,β-unsaturated/α-hetero) is 1. The fraction of sp³-hybridized carbons (Fsp3) is 0.514. The van der Waals surface area contributed by atoms with E-state index < -0.39 is 46.0 Å². The van der Waals surface area contributed by atoms with Gasteiger partial charge in [-0.05, 0) is 44.8 Å². The van der Waals surface area contributed by atoms with E-state index >= 15 is 0 Å². The predicted molar refractivity (Wildman–Crippen MR) is 198 cm³/mol. The van der Waals surface area contributed by atoms with E-state index in [0.717, 1.165) is 0 Å². The molecule has 14 heteroatoms. The molecule has 49 heavy (non-hydrogen) atoms. The van der Waals surface area contributed by atoms with Crippen molar-refractivity contribution in [1.29, 1.82) is 0 Å². The number of methoxy groups -OCH3 is 1. The van der Waals surface area contributed by atoms with Crippen LogP contribution in [0.3, 0.4) is 0 Å². The van der Waals surface area contributed by atoms with Crippen LogP contribution in [0.2, 0.25) is 5.04 Å². The van der Waals surface area contributed by atoms with Crippen LogP contribution in [-0.2, 0) is 34.3 Å². The van der Waals surface area contributed by atoms with Crippen molar-refractivity contribution in [2.24, 2.45) is 0 Å². The zero-order valence-corrected chi connectivity index (χ0v) is 33.2. The molecule has 0 spiro atoms. The summed E-state index contributed by atoms with van der Waals surface area (Å²) in [6.07, 6.45) is -0.415. The van der Waals surface area contributed by atoms with Gasteiger partial charge in [0, 0.05) is 38.4 Å². The Hall–Kier alpha value is -2.27. The van der Waals surface area contributed by atoms with Gasteiger partial charge in [-0.25, -0.2) is 21.6 Å². The molecule has 2 unspecified atom stereocenters. The Morgan fingerprint density at radius 1 is 1.04 bits per heavy atom. The third-order valence-corrected chi connectivity index (χ3v) is 21.1. The van der Waals surface area contributed by atoms with E-state index in [4.69, 9.17) is 9.47 Å². The SMILES string of the molecule is CCN[C@H]1CN(CCCOC)S(=O)(=O)c2sc(S(=O)(=O)NC(C)C(=O)[C@H](C)OC(C)[Si](c3ccccc3)(c3ccccc3)C(C)(C)C)cc21. The molecule has 4 atom stereocenters. The van der Waals surface area contributed by atoms with Gasteiger partial charge in [0.25, 0.3) is 20.0 Å². The molecule has 3 aromatic rings. The van der Waals surface area contributed by atoms with Crippen molar-refractivity contribution in [1.82, 2.24) is 14.3 Å². The summed E-state index contributed by atoms with van der Waals surface area (Å²) in [5.74, 6) is -0.419. The number of sulfonamides is 2. The second-order valence-corrected chi connectivity index (χ2v) is 23.8. The minimum absolute atomic E-state index is 0.00250. The van der Waals surface area contributed by atoms with E-state index in [2.05, 4.69) is 55.1 Å². The van der Waals surface area contributed by atoms with Crippen molar-refractivity contribution in [3.63, 3.8) is 0 Å². The lowest BCUT2D eigenvalue weighted by atomic mass is 10.1. The first-order valence-electron chi connectivity index (χ1n) is 16.7. The highest BCUT2D eigenvalue weighted by atomic mass is 32.3. The third-order valence-electron chi connectivity index (χ3n) is 9.33.